The number of carboxylic acids is 1. The second-order valence-corrected chi connectivity index (χ2v) is 13.5. The van der Waals surface area contributed by atoms with Crippen LogP contribution in [0.3, 0.4) is 0 Å². The van der Waals surface area contributed by atoms with E-state index in [1.807, 2.05) is 0 Å². The third kappa shape index (κ3) is 5.34. The molecule has 194 valence electrons. The van der Waals surface area contributed by atoms with Crippen molar-refractivity contribution in [3.05, 3.63) is 28.3 Å². The summed E-state index contributed by atoms with van der Waals surface area (Å²) in [5.41, 5.74) is 2.80. The molecule has 0 saturated heterocycles. The Morgan fingerprint density at radius 1 is 1.11 bits per heavy atom. The smallest absolute Gasteiger partial charge is 0.306 e. The molecular formula is C28H38N4O3S. The van der Waals surface area contributed by atoms with Gasteiger partial charge in [-0.05, 0) is 44.1 Å². The van der Waals surface area contributed by atoms with E-state index in [0.29, 0.717) is 23.8 Å². The maximum absolute atomic E-state index is 13.1. The van der Waals surface area contributed by atoms with E-state index in [-0.39, 0.29) is 28.7 Å². The van der Waals surface area contributed by atoms with E-state index in [4.69, 9.17) is 20.1 Å². The minimum Gasteiger partial charge on any atom is -0.481 e. The summed E-state index contributed by atoms with van der Waals surface area (Å²) in [7, 11) is 0. The number of aromatic nitrogens is 3. The summed E-state index contributed by atoms with van der Waals surface area (Å²) in [6, 6.07) is 2.00. The van der Waals surface area contributed by atoms with Gasteiger partial charge in [0, 0.05) is 16.9 Å². The second-order valence-electron chi connectivity index (χ2n) is 12.5. The van der Waals surface area contributed by atoms with Crippen molar-refractivity contribution in [2.75, 3.05) is 0 Å². The van der Waals surface area contributed by atoms with Gasteiger partial charge in [0.05, 0.1) is 27.9 Å². The van der Waals surface area contributed by atoms with E-state index in [0.717, 1.165) is 47.0 Å². The fraction of sp³-hybridized carbons (Fsp3) is 0.679. The Hall–Kier alpha value is -2.35. The topological polar surface area (TPSA) is 105 Å². The average Bonchev–Trinajstić information content (AvgIpc) is 3.42. The lowest BCUT2D eigenvalue weighted by atomic mass is 9.80. The Morgan fingerprint density at radius 2 is 1.81 bits per heavy atom. The van der Waals surface area contributed by atoms with Gasteiger partial charge < -0.3 is 10.4 Å². The van der Waals surface area contributed by atoms with Crippen LogP contribution in [0.25, 0.3) is 10.6 Å². The van der Waals surface area contributed by atoms with Gasteiger partial charge in [-0.2, -0.15) is 0 Å². The van der Waals surface area contributed by atoms with E-state index < -0.39 is 5.97 Å². The van der Waals surface area contributed by atoms with Gasteiger partial charge in [0.2, 0.25) is 0 Å². The van der Waals surface area contributed by atoms with Crippen LogP contribution < -0.4 is 5.32 Å². The number of nitrogens with one attached hydrogen (secondary N) is 1. The molecule has 2 aromatic heterocycles. The van der Waals surface area contributed by atoms with Crippen molar-refractivity contribution in [1.82, 2.24) is 20.3 Å². The minimum atomic E-state index is -0.787. The molecule has 2 aromatic rings. The highest BCUT2D eigenvalue weighted by atomic mass is 32.1. The second kappa shape index (κ2) is 9.51. The highest BCUT2D eigenvalue weighted by Crippen LogP contribution is 2.47. The van der Waals surface area contributed by atoms with Crippen LogP contribution in [0.5, 0.6) is 0 Å². The fourth-order valence-corrected chi connectivity index (χ4v) is 6.22. The molecule has 0 unspecified atom stereocenters. The summed E-state index contributed by atoms with van der Waals surface area (Å²) >= 11 is 1.42. The largest absolute Gasteiger partial charge is 0.481 e. The summed E-state index contributed by atoms with van der Waals surface area (Å²) in [5, 5.41) is 12.6. The van der Waals surface area contributed by atoms with Crippen molar-refractivity contribution in [3.63, 3.8) is 0 Å². The summed E-state index contributed by atoms with van der Waals surface area (Å²) in [4.78, 5) is 40.2. The molecule has 2 N–H and O–H groups in total. The number of amides is 1. The lowest BCUT2D eigenvalue weighted by molar-refractivity contribution is -0.145. The minimum absolute atomic E-state index is 0.0370. The Balaban J connectivity index is 1.48. The van der Waals surface area contributed by atoms with Crippen molar-refractivity contribution in [2.24, 2.45) is 11.8 Å². The molecule has 2 heterocycles. The third-order valence-corrected chi connectivity index (χ3v) is 9.31. The van der Waals surface area contributed by atoms with Gasteiger partial charge >= 0.3 is 5.97 Å². The first-order valence-electron chi connectivity index (χ1n) is 13.5. The van der Waals surface area contributed by atoms with E-state index in [9.17, 15) is 9.59 Å². The predicted octanol–water partition coefficient (Wildman–Crippen LogP) is 5.66. The number of hydrogen-bond acceptors (Lipinski definition) is 6. The molecule has 3 aliphatic carbocycles. The standard InChI is InChI=1S/C28H38N4O3S/c1-27(2,3)21-15-20(31-26(32-21)28(4)10-11-28)22-19(12-16-8-6-5-7-9-16)30-24(36-22)23(33)29-18-13-17(14-18)25(34)35/h15-18H,5-14H2,1-4H3,(H,29,33)(H,34,35)/t17-,18-. The van der Waals surface area contributed by atoms with Crippen molar-refractivity contribution in [3.8, 4) is 10.6 Å². The molecule has 7 nitrogen and oxygen atoms in total. The molecule has 8 heteroatoms. The zero-order valence-corrected chi connectivity index (χ0v) is 22.7. The molecule has 0 spiro atoms. The number of carbonyl (C=O) groups excluding carboxylic acids is 1. The molecule has 3 saturated carbocycles. The van der Waals surface area contributed by atoms with Crippen molar-refractivity contribution in [1.29, 1.82) is 0 Å². The molecular weight excluding hydrogens is 472 g/mol. The SMILES string of the molecule is CC(C)(C)c1cc(-c2sc(C(=O)N[C@H]3C[C@H](C(=O)O)C3)nc2CC2CCCCC2)nc(C2(C)CC2)n1. The van der Waals surface area contributed by atoms with E-state index in [1.165, 1.54) is 43.4 Å². The van der Waals surface area contributed by atoms with E-state index in [2.05, 4.69) is 39.1 Å². The molecule has 1 amide bonds. The van der Waals surface area contributed by atoms with Crippen LogP contribution >= 0.6 is 11.3 Å². The quantitative estimate of drug-likeness (QED) is 0.498. The van der Waals surface area contributed by atoms with Gasteiger partial charge in [-0.25, -0.2) is 15.0 Å². The first-order chi connectivity index (χ1) is 17.0. The van der Waals surface area contributed by atoms with Crippen LogP contribution in [0.4, 0.5) is 0 Å². The number of rotatable bonds is 7. The number of nitrogens with zero attached hydrogens (tertiary/aromatic N) is 3. The summed E-state index contributed by atoms with van der Waals surface area (Å²) < 4.78 is 0. The van der Waals surface area contributed by atoms with Crippen LogP contribution in [0.1, 0.15) is 112 Å². The molecule has 36 heavy (non-hydrogen) atoms. The maximum atomic E-state index is 13.1. The van der Waals surface area contributed by atoms with Gasteiger partial charge in [0.25, 0.3) is 5.91 Å². The first kappa shape index (κ1) is 25.3. The van der Waals surface area contributed by atoms with Crippen LogP contribution in [0.2, 0.25) is 0 Å². The third-order valence-electron chi connectivity index (χ3n) is 8.19. The molecule has 3 fully saturated rings. The number of hydrogen-bond donors (Lipinski definition) is 2. The maximum Gasteiger partial charge on any atom is 0.306 e. The van der Waals surface area contributed by atoms with Crippen molar-refractivity contribution in [2.45, 2.75) is 109 Å². The van der Waals surface area contributed by atoms with Crippen molar-refractivity contribution >= 4 is 23.2 Å². The molecule has 0 aliphatic heterocycles. The van der Waals surface area contributed by atoms with Crippen LogP contribution in [0.15, 0.2) is 6.07 Å². The average molecular weight is 511 g/mol. The highest BCUT2D eigenvalue weighted by molar-refractivity contribution is 7.17. The zero-order valence-electron chi connectivity index (χ0n) is 21.9. The Labute approximate surface area is 217 Å². The molecule has 0 atom stereocenters. The monoisotopic (exact) mass is 510 g/mol. The molecule has 0 bridgehead atoms. The Bertz CT molecular complexity index is 1130. The number of aliphatic carboxylic acids is 1. The lowest BCUT2D eigenvalue weighted by Crippen LogP contribution is -2.46. The van der Waals surface area contributed by atoms with E-state index >= 15 is 0 Å². The molecule has 0 radical (unpaired) electrons. The van der Waals surface area contributed by atoms with Crippen LogP contribution in [-0.2, 0) is 22.0 Å². The lowest BCUT2D eigenvalue weighted by Gasteiger charge is -2.32. The van der Waals surface area contributed by atoms with Crippen LogP contribution in [0, 0.1) is 11.8 Å². The summed E-state index contributed by atoms with van der Waals surface area (Å²) in [6.45, 7) is 8.76. The van der Waals surface area contributed by atoms with Gasteiger partial charge in [0.15, 0.2) is 5.01 Å². The number of carbonyl (C=O) groups is 2. The molecule has 0 aromatic carbocycles. The van der Waals surface area contributed by atoms with Gasteiger partial charge in [-0.3, -0.25) is 9.59 Å². The summed E-state index contributed by atoms with van der Waals surface area (Å²) in [6.07, 6.45) is 10.3. The Kier molecular flexibility index (Phi) is 6.68. The number of carboxylic acid groups (broad SMARTS) is 1. The van der Waals surface area contributed by atoms with E-state index in [1.54, 1.807) is 0 Å². The fourth-order valence-electron chi connectivity index (χ4n) is 5.27. The Morgan fingerprint density at radius 3 is 2.42 bits per heavy atom. The van der Waals surface area contributed by atoms with Gasteiger partial charge in [-0.15, -0.1) is 11.3 Å². The van der Waals surface area contributed by atoms with Gasteiger partial charge in [-0.1, -0.05) is 59.8 Å². The predicted molar refractivity (Wildman–Crippen MR) is 140 cm³/mol. The first-order valence-corrected chi connectivity index (χ1v) is 14.3. The molecule has 3 aliphatic rings. The van der Waals surface area contributed by atoms with Gasteiger partial charge in [0.1, 0.15) is 5.82 Å². The van der Waals surface area contributed by atoms with Crippen LogP contribution in [-0.4, -0.2) is 38.0 Å². The number of thiazole rings is 1. The highest BCUT2D eigenvalue weighted by Gasteiger charge is 2.43. The molecule has 5 rings (SSSR count). The normalized spacial score (nSPS) is 23.7. The van der Waals surface area contributed by atoms with Crippen molar-refractivity contribution < 1.29 is 14.7 Å². The zero-order chi connectivity index (χ0) is 25.7. The summed E-state index contributed by atoms with van der Waals surface area (Å²) in [5.74, 6) is 0.142.